The monoisotopic (exact) mass is 346 g/mol. The quantitative estimate of drug-likeness (QED) is 0.644. The van der Waals surface area contributed by atoms with Crippen LogP contribution >= 0.6 is 23.2 Å². The molecule has 1 heterocycles. The Hall–Kier alpha value is -2.30. The highest BCUT2D eigenvalue weighted by molar-refractivity contribution is 6.31. The molecule has 0 radical (unpaired) electrons. The Labute approximate surface area is 143 Å². The van der Waals surface area contributed by atoms with E-state index in [-0.39, 0.29) is 11.6 Å². The van der Waals surface area contributed by atoms with Gasteiger partial charge >= 0.3 is 5.95 Å². The van der Waals surface area contributed by atoms with E-state index in [0.29, 0.717) is 27.2 Å². The van der Waals surface area contributed by atoms with Gasteiger partial charge in [0.15, 0.2) is 5.69 Å². The zero-order valence-electron chi connectivity index (χ0n) is 12.1. The molecule has 0 aliphatic carbocycles. The molecular weight excluding hydrogens is 335 g/mol. The van der Waals surface area contributed by atoms with Crippen LogP contribution in [0.1, 0.15) is 11.3 Å². The largest absolute Gasteiger partial charge is 0.479 e. The molecule has 0 aliphatic heterocycles. The standard InChI is InChI=1S/C17H12Cl2N2O2/c1-10-13(19)3-2-4-14(10)20-9-15-17(22)23-16(21-15)11-5-7-12(18)8-6-11/h2-9,22H,1H3. The van der Waals surface area contributed by atoms with Crippen molar-refractivity contribution >= 4 is 35.1 Å². The molecule has 0 atom stereocenters. The van der Waals surface area contributed by atoms with Gasteiger partial charge in [0.25, 0.3) is 0 Å². The summed E-state index contributed by atoms with van der Waals surface area (Å²) in [6.45, 7) is 1.87. The number of oxazole rings is 1. The molecule has 0 saturated carbocycles. The smallest absolute Gasteiger partial charge is 0.312 e. The summed E-state index contributed by atoms with van der Waals surface area (Å²) in [5, 5.41) is 11.1. The number of halogens is 2. The van der Waals surface area contributed by atoms with Gasteiger partial charge in [0.1, 0.15) is 0 Å². The first-order chi connectivity index (χ1) is 11.0. The average Bonchev–Trinajstić information content (AvgIpc) is 2.90. The number of hydrogen-bond acceptors (Lipinski definition) is 4. The van der Waals surface area contributed by atoms with Crippen molar-refractivity contribution < 1.29 is 9.52 Å². The van der Waals surface area contributed by atoms with E-state index in [0.717, 1.165) is 5.56 Å². The van der Waals surface area contributed by atoms with Crippen LogP contribution in [0.5, 0.6) is 5.95 Å². The van der Waals surface area contributed by atoms with Crippen LogP contribution in [0.25, 0.3) is 11.5 Å². The molecule has 3 aromatic rings. The third-order valence-electron chi connectivity index (χ3n) is 3.29. The van der Waals surface area contributed by atoms with E-state index in [1.54, 1.807) is 30.3 Å². The molecule has 0 aliphatic rings. The molecule has 1 aromatic heterocycles. The predicted molar refractivity (Wildman–Crippen MR) is 92.1 cm³/mol. The van der Waals surface area contributed by atoms with E-state index in [2.05, 4.69) is 9.98 Å². The summed E-state index contributed by atoms with van der Waals surface area (Å²) in [5.74, 6) is 0.00168. The number of rotatable bonds is 3. The van der Waals surface area contributed by atoms with Crippen LogP contribution in [0.3, 0.4) is 0 Å². The van der Waals surface area contributed by atoms with Gasteiger partial charge in [-0.2, -0.15) is 0 Å². The van der Waals surface area contributed by atoms with E-state index < -0.39 is 0 Å². The fraction of sp³-hybridized carbons (Fsp3) is 0.0588. The predicted octanol–water partition coefficient (Wildman–Crippen LogP) is 5.41. The van der Waals surface area contributed by atoms with Gasteiger partial charge in [-0.1, -0.05) is 29.3 Å². The maximum Gasteiger partial charge on any atom is 0.312 e. The second-order valence-electron chi connectivity index (χ2n) is 4.86. The van der Waals surface area contributed by atoms with Crippen LogP contribution in [0.2, 0.25) is 10.0 Å². The summed E-state index contributed by atoms with van der Waals surface area (Å²) in [4.78, 5) is 8.54. The molecule has 1 N–H and O–H groups in total. The number of nitrogens with zero attached hydrogens (tertiary/aromatic N) is 2. The molecule has 3 rings (SSSR count). The fourth-order valence-corrected chi connectivity index (χ4v) is 2.29. The van der Waals surface area contributed by atoms with Gasteiger partial charge in [-0.25, -0.2) is 4.98 Å². The number of hydrogen-bond donors (Lipinski definition) is 1. The zero-order chi connectivity index (χ0) is 16.4. The van der Waals surface area contributed by atoms with Gasteiger partial charge in [-0.05, 0) is 48.9 Å². The lowest BCUT2D eigenvalue weighted by Gasteiger charge is -2.00. The minimum Gasteiger partial charge on any atom is -0.479 e. The summed E-state index contributed by atoms with van der Waals surface area (Å²) >= 11 is 11.9. The molecular formula is C17H12Cl2N2O2. The van der Waals surface area contributed by atoms with E-state index in [1.165, 1.54) is 6.21 Å². The summed E-state index contributed by atoms with van der Waals surface area (Å²) in [6, 6.07) is 12.4. The van der Waals surface area contributed by atoms with E-state index in [1.807, 2.05) is 19.1 Å². The molecule has 4 nitrogen and oxygen atoms in total. The molecule has 0 bridgehead atoms. The molecule has 23 heavy (non-hydrogen) atoms. The highest BCUT2D eigenvalue weighted by Crippen LogP contribution is 2.28. The van der Waals surface area contributed by atoms with Crippen molar-refractivity contribution in [1.29, 1.82) is 0 Å². The Morgan fingerprint density at radius 3 is 2.61 bits per heavy atom. The lowest BCUT2D eigenvalue weighted by molar-refractivity contribution is 0.337. The Morgan fingerprint density at radius 1 is 1.13 bits per heavy atom. The first-order valence-electron chi connectivity index (χ1n) is 6.79. The molecule has 6 heteroatoms. The number of aromatic hydroxyl groups is 1. The van der Waals surface area contributed by atoms with E-state index in [9.17, 15) is 5.11 Å². The Bertz CT molecular complexity index is 871. The summed E-state index contributed by atoms with van der Waals surface area (Å²) in [6.07, 6.45) is 1.44. The van der Waals surface area contributed by atoms with Crippen LogP contribution in [-0.2, 0) is 0 Å². The van der Waals surface area contributed by atoms with Crippen molar-refractivity contribution in [3.05, 3.63) is 63.8 Å². The second kappa shape index (κ2) is 6.44. The van der Waals surface area contributed by atoms with Gasteiger partial charge in [-0.15, -0.1) is 0 Å². The van der Waals surface area contributed by atoms with Gasteiger partial charge in [-0.3, -0.25) is 4.99 Å². The third kappa shape index (κ3) is 3.38. The molecule has 2 aromatic carbocycles. The number of aliphatic imine (C=N–C) groups is 1. The normalized spacial score (nSPS) is 11.3. The summed E-state index contributed by atoms with van der Waals surface area (Å²) in [7, 11) is 0. The van der Waals surface area contributed by atoms with Crippen molar-refractivity contribution in [3.63, 3.8) is 0 Å². The fourth-order valence-electron chi connectivity index (χ4n) is 1.99. The summed E-state index contributed by atoms with van der Waals surface area (Å²) in [5.41, 5.74) is 2.51. The molecule has 0 saturated heterocycles. The molecule has 0 amide bonds. The van der Waals surface area contributed by atoms with Crippen LogP contribution < -0.4 is 0 Å². The van der Waals surface area contributed by atoms with Crippen LogP contribution in [0.4, 0.5) is 5.69 Å². The lowest BCUT2D eigenvalue weighted by atomic mass is 10.2. The van der Waals surface area contributed by atoms with Crippen LogP contribution in [-0.4, -0.2) is 16.3 Å². The highest BCUT2D eigenvalue weighted by Gasteiger charge is 2.12. The Balaban J connectivity index is 1.91. The second-order valence-corrected chi connectivity index (χ2v) is 5.70. The van der Waals surface area contributed by atoms with Crippen molar-refractivity contribution in [2.75, 3.05) is 0 Å². The van der Waals surface area contributed by atoms with Gasteiger partial charge < -0.3 is 9.52 Å². The van der Waals surface area contributed by atoms with Crippen LogP contribution in [0.15, 0.2) is 51.9 Å². The maximum atomic E-state index is 9.88. The van der Waals surface area contributed by atoms with Crippen molar-refractivity contribution in [1.82, 2.24) is 4.98 Å². The molecule has 0 spiro atoms. The van der Waals surface area contributed by atoms with Gasteiger partial charge in [0.05, 0.1) is 11.9 Å². The zero-order valence-corrected chi connectivity index (χ0v) is 13.6. The van der Waals surface area contributed by atoms with Gasteiger partial charge in [0.2, 0.25) is 5.89 Å². The molecule has 0 fully saturated rings. The van der Waals surface area contributed by atoms with Crippen molar-refractivity contribution in [3.8, 4) is 17.4 Å². The minimum absolute atomic E-state index is 0.245. The van der Waals surface area contributed by atoms with Crippen molar-refractivity contribution in [2.24, 2.45) is 4.99 Å². The van der Waals surface area contributed by atoms with E-state index >= 15 is 0 Å². The maximum absolute atomic E-state index is 9.88. The topological polar surface area (TPSA) is 58.6 Å². The highest BCUT2D eigenvalue weighted by atomic mass is 35.5. The lowest BCUT2D eigenvalue weighted by Crippen LogP contribution is -1.84. The third-order valence-corrected chi connectivity index (χ3v) is 3.95. The Morgan fingerprint density at radius 2 is 1.87 bits per heavy atom. The average molecular weight is 347 g/mol. The minimum atomic E-state index is -0.293. The number of benzene rings is 2. The SMILES string of the molecule is Cc1c(Cl)cccc1N=Cc1nc(-c2ccc(Cl)cc2)oc1O. The van der Waals surface area contributed by atoms with E-state index in [4.69, 9.17) is 27.6 Å². The molecule has 0 unspecified atom stereocenters. The Kier molecular flexibility index (Phi) is 4.37. The van der Waals surface area contributed by atoms with Gasteiger partial charge in [0, 0.05) is 15.6 Å². The molecule has 116 valence electrons. The first-order valence-corrected chi connectivity index (χ1v) is 7.55. The van der Waals surface area contributed by atoms with Crippen LogP contribution in [0, 0.1) is 6.92 Å². The summed E-state index contributed by atoms with van der Waals surface area (Å²) < 4.78 is 5.27. The first kappa shape index (κ1) is 15.6. The number of aromatic nitrogens is 1. The van der Waals surface area contributed by atoms with Crippen molar-refractivity contribution in [2.45, 2.75) is 6.92 Å².